The van der Waals surface area contributed by atoms with Crippen LogP contribution in [0, 0.1) is 0 Å². The van der Waals surface area contributed by atoms with Gasteiger partial charge in [0, 0.05) is 11.6 Å². The molecule has 0 fully saturated rings. The molecule has 0 spiro atoms. The van der Waals surface area contributed by atoms with Gasteiger partial charge in [-0.25, -0.2) is 15.0 Å². The molecule has 0 saturated heterocycles. The number of nitrogens with two attached hydrogens (primary N) is 1. The Morgan fingerprint density at radius 2 is 2.21 bits per heavy atom. The van der Waals surface area contributed by atoms with E-state index in [1.165, 1.54) is 17.7 Å². The summed E-state index contributed by atoms with van der Waals surface area (Å²) in [6.07, 6.45) is 3.30. The molecule has 14 heavy (non-hydrogen) atoms. The first-order chi connectivity index (χ1) is 6.84. The standard InChI is InChI=1S/C9H6N4S/c10-9-13-8-5-3-11-4-12-6(5)1-2-7(8)14-9/h1-4H,(H2,10,13). The number of fused-ring (bicyclic) bond motifs is 3. The predicted molar refractivity (Wildman–Crippen MR) is 57.1 cm³/mol. The van der Waals surface area contributed by atoms with Crippen molar-refractivity contribution in [3.63, 3.8) is 0 Å². The molecule has 0 radical (unpaired) electrons. The molecular weight excluding hydrogens is 196 g/mol. The topological polar surface area (TPSA) is 64.7 Å². The van der Waals surface area contributed by atoms with E-state index in [0.29, 0.717) is 5.13 Å². The van der Waals surface area contributed by atoms with Gasteiger partial charge >= 0.3 is 0 Å². The SMILES string of the molecule is Nc1nc2c(ccc3ncncc32)s1. The molecule has 5 heteroatoms. The first kappa shape index (κ1) is 7.64. The molecule has 68 valence electrons. The Balaban J connectivity index is 2.60. The predicted octanol–water partition coefficient (Wildman–Crippen LogP) is 1.82. The van der Waals surface area contributed by atoms with E-state index in [-0.39, 0.29) is 0 Å². The highest BCUT2D eigenvalue weighted by molar-refractivity contribution is 7.22. The Bertz CT molecular complexity index is 616. The molecule has 0 bridgehead atoms. The summed E-state index contributed by atoms with van der Waals surface area (Å²) in [7, 11) is 0. The molecule has 0 saturated carbocycles. The Morgan fingerprint density at radius 1 is 1.29 bits per heavy atom. The van der Waals surface area contributed by atoms with Crippen molar-refractivity contribution in [1.82, 2.24) is 15.0 Å². The Labute approximate surface area is 83.4 Å². The minimum Gasteiger partial charge on any atom is -0.375 e. The molecule has 0 unspecified atom stereocenters. The maximum absolute atomic E-state index is 5.65. The molecule has 4 nitrogen and oxygen atoms in total. The van der Waals surface area contributed by atoms with Crippen molar-refractivity contribution in [3.05, 3.63) is 24.7 Å². The van der Waals surface area contributed by atoms with E-state index in [2.05, 4.69) is 15.0 Å². The lowest BCUT2D eigenvalue weighted by atomic mass is 10.2. The highest BCUT2D eigenvalue weighted by Crippen LogP contribution is 2.28. The van der Waals surface area contributed by atoms with Gasteiger partial charge in [0.25, 0.3) is 0 Å². The number of nitrogens with zero attached hydrogens (tertiary/aromatic N) is 3. The third-order valence-corrected chi connectivity index (χ3v) is 2.91. The molecule has 1 aromatic carbocycles. The first-order valence-electron chi connectivity index (χ1n) is 4.09. The summed E-state index contributed by atoms with van der Waals surface area (Å²) in [6, 6.07) is 3.94. The summed E-state index contributed by atoms with van der Waals surface area (Å²) >= 11 is 1.48. The Hall–Kier alpha value is -1.75. The number of rotatable bonds is 0. The second kappa shape index (κ2) is 2.62. The zero-order valence-electron chi connectivity index (χ0n) is 7.14. The average Bonchev–Trinajstić information content (AvgIpc) is 2.59. The monoisotopic (exact) mass is 202 g/mol. The fourth-order valence-corrected chi connectivity index (χ4v) is 2.21. The van der Waals surface area contributed by atoms with Crippen molar-refractivity contribution in [2.75, 3.05) is 5.73 Å². The van der Waals surface area contributed by atoms with Gasteiger partial charge in [-0.3, -0.25) is 0 Å². The quantitative estimate of drug-likeness (QED) is 0.604. The molecule has 3 aromatic rings. The molecule has 2 N–H and O–H groups in total. The maximum Gasteiger partial charge on any atom is 0.181 e. The van der Waals surface area contributed by atoms with Gasteiger partial charge in [0.15, 0.2) is 5.13 Å². The van der Waals surface area contributed by atoms with Crippen molar-refractivity contribution in [2.24, 2.45) is 0 Å². The van der Waals surface area contributed by atoms with Gasteiger partial charge < -0.3 is 5.73 Å². The molecule has 2 aromatic heterocycles. The van der Waals surface area contributed by atoms with Gasteiger partial charge in [-0.2, -0.15) is 0 Å². The Kier molecular flexibility index (Phi) is 1.43. The summed E-state index contributed by atoms with van der Waals surface area (Å²) < 4.78 is 1.07. The number of anilines is 1. The van der Waals surface area contributed by atoms with Gasteiger partial charge in [0.05, 0.1) is 15.7 Å². The van der Waals surface area contributed by atoms with E-state index in [0.717, 1.165) is 21.1 Å². The van der Waals surface area contributed by atoms with Gasteiger partial charge in [0.1, 0.15) is 6.33 Å². The lowest BCUT2D eigenvalue weighted by Crippen LogP contribution is -1.83. The fourth-order valence-electron chi connectivity index (χ4n) is 1.46. The molecule has 0 aliphatic rings. The number of nitrogen functional groups attached to an aromatic ring is 1. The molecule has 0 aliphatic carbocycles. The van der Waals surface area contributed by atoms with Crippen LogP contribution < -0.4 is 5.73 Å². The van der Waals surface area contributed by atoms with Crippen LogP contribution in [0.1, 0.15) is 0 Å². The van der Waals surface area contributed by atoms with Crippen LogP contribution in [0.25, 0.3) is 21.1 Å². The molecule has 0 aliphatic heterocycles. The highest BCUT2D eigenvalue weighted by atomic mass is 32.1. The molecular formula is C9H6N4S. The normalized spacial score (nSPS) is 11.1. The van der Waals surface area contributed by atoms with Gasteiger partial charge in [-0.05, 0) is 12.1 Å². The zero-order chi connectivity index (χ0) is 9.54. The second-order valence-electron chi connectivity index (χ2n) is 2.92. The van der Waals surface area contributed by atoms with Crippen molar-refractivity contribution >= 4 is 37.6 Å². The van der Waals surface area contributed by atoms with Crippen LogP contribution >= 0.6 is 11.3 Å². The number of benzene rings is 1. The summed E-state index contributed by atoms with van der Waals surface area (Å²) in [5, 5.41) is 1.54. The van der Waals surface area contributed by atoms with Crippen LogP contribution in [-0.2, 0) is 0 Å². The smallest absolute Gasteiger partial charge is 0.181 e. The summed E-state index contributed by atoms with van der Waals surface area (Å²) in [4.78, 5) is 12.4. The van der Waals surface area contributed by atoms with Gasteiger partial charge in [-0.15, -0.1) is 0 Å². The average molecular weight is 202 g/mol. The fraction of sp³-hybridized carbons (Fsp3) is 0. The van der Waals surface area contributed by atoms with E-state index >= 15 is 0 Å². The van der Waals surface area contributed by atoms with Crippen LogP contribution in [0.4, 0.5) is 5.13 Å². The molecule has 0 amide bonds. The van der Waals surface area contributed by atoms with Crippen molar-refractivity contribution in [2.45, 2.75) is 0 Å². The van der Waals surface area contributed by atoms with Gasteiger partial charge in [0.2, 0.25) is 0 Å². The number of aromatic nitrogens is 3. The van der Waals surface area contributed by atoms with E-state index in [1.807, 2.05) is 12.1 Å². The summed E-state index contributed by atoms with van der Waals surface area (Å²) in [5.74, 6) is 0. The van der Waals surface area contributed by atoms with Crippen LogP contribution in [-0.4, -0.2) is 15.0 Å². The van der Waals surface area contributed by atoms with Crippen molar-refractivity contribution < 1.29 is 0 Å². The first-order valence-corrected chi connectivity index (χ1v) is 4.91. The van der Waals surface area contributed by atoms with E-state index in [4.69, 9.17) is 5.73 Å². The molecule has 0 atom stereocenters. The van der Waals surface area contributed by atoms with E-state index in [1.54, 1.807) is 6.20 Å². The summed E-state index contributed by atoms with van der Waals surface area (Å²) in [6.45, 7) is 0. The van der Waals surface area contributed by atoms with Crippen LogP contribution in [0.5, 0.6) is 0 Å². The lowest BCUT2D eigenvalue weighted by Gasteiger charge is -1.94. The molecule has 2 heterocycles. The third-order valence-electron chi connectivity index (χ3n) is 2.06. The number of thiazole rings is 1. The van der Waals surface area contributed by atoms with E-state index < -0.39 is 0 Å². The number of hydrogen-bond donors (Lipinski definition) is 1. The third kappa shape index (κ3) is 0.958. The highest BCUT2D eigenvalue weighted by Gasteiger charge is 2.05. The van der Waals surface area contributed by atoms with Crippen LogP contribution in [0.2, 0.25) is 0 Å². The van der Waals surface area contributed by atoms with E-state index in [9.17, 15) is 0 Å². The Morgan fingerprint density at radius 3 is 3.14 bits per heavy atom. The zero-order valence-corrected chi connectivity index (χ0v) is 7.95. The minimum atomic E-state index is 0.580. The minimum absolute atomic E-state index is 0.580. The summed E-state index contributed by atoms with van der Waals surface area (Å²) in [5.41, 5.74) is 7.44. The van der Waals surface area contributed by atoms with Crippen LogP contribution in [0.15, 0.2) is 24.7 Å². The largest absolute Gasteiger partial charge is 0.375 e. The maximum atomic E-state index is 5.65. The lowest BCUT2D eigenvalue weighted by molar-refractivity contribution is 1.22. The van der Waals surface area contributed by atoms with Crippen molar-refractivity contribution in [3.8, 4) is 0 Å². The van der Waals surface area contributed by atoms with Gasteiger partial charge in [-0.1, -0.05) is 11.3 Å². The second-order valence-corrected chi connectivity index (χ2v) is 3.98. The number of hydrogen-bond acceptors (Lipinski definition) is 5. The van der Waals surface area contributed by atoms with Crippen LogP contribution in [0.3, 0.4) is 0 Å². The van der Waals surface area contributed by atoms with Crippen molar-refractivity contribution in [1.29, 1.82) is 0 Å². The molecule has 3 rings (SSSR count).